The van der Waals surface area contributed by atoms with Crippen molar-refractivity contribution in [3.63, 3.8) is 0 Å². The smallest absolute Gasteiger partial charge is 0.417 e. The van der Waals surface area contributed by atoms with Crippen LogP contribution < -0.4 is 0 Å². The number of esters is 1. The highest BCUT2D eigenvalue weighted by Gasteiger charge is 2.35. The van der Waals surface area contributed by atoms with Gasteiger partial charge in [0.2, 0.25) is 0 Å². The van der Waals surface area contributed by atoms with E-state index in [9.17, 15) is 18.0 Å². The standard InChI is InChI=1S/C10H7BrClF3O2/c1-2-17-9(16)5-3-4-6(10(13,14)15)8(12)7(5)11/h3-4H,2H2,1H3. The second kappa shape index (κ2) is 5.27. The fourth-order valence-corrected chi connectivity index (χ4v) is 1.91. The van der Waals surface area contributed by atoms with Gasteiger partial charge in [-0.15, -0.1) is 0 Å². The SMILES string of the molecule is CCOC(=O)c1ccc(C(F)(F)F)c(Cl)c1Br. The van der Waals surface area contributed by atoms with Gasteiger partial charge in [0, 0.05) is 0 Å². The van der Waals surface area contributed by atoms with Crippen molar-refractivity contribution in [3.05, 3.63) is 32.8 Å². The van der Waals surface area contributed by atoms with E-state index < -0.39 is 22.7 Å². The molecule has 0 heterocycles. The zero-order valence-electron chi connectivity index (χ0n) is 8.57. The Labute approximate surface area is 109 Å². The summed E-state index contributed by atoms with van der Waals surface area (Å²) < 4.78 is 42.0. The maximum Gasteiger partial charge on any atom is 0.417 e. The highest BCUT2D eigenvalue weighted by molar-refractivity contribution is 9.10. The molecule has 94 valence electrons. The van der Waals surface area contributed by atoms with Crippen LogP contribution in [0.25, 0.3) is 0 Å². The van der Waals surface area contributed by atoms with E-state index in [-0.39, 0.29) is 16.6 Å². The van der Waals surface area contributed by atoms with Crippen molar-refractivity contribution in [1.29, 1.82) is 0 Å². The summed E-state index contributed by atoms with van der Waals surface area (Å²) in [6, 6.07) is 1.77. The molecule has 7 heteroatoms. The normalized spacial score (nSPS) is 11.4. The average Bonchev–Trinajstić information content (AvgIpc) is 2.20. The molecule has 0 aromatic heterocycles. The first kappa shape index (κ1) is 14.3. The van der Waals surface area contributed by atoms with Crippen LogP contribution in [-0.4, -0.2) is 12.6 Å². The Balaban J connectivity index is 3.25. The van der Waals surface area contributed by atoms with Crippen molar-refractivity contribution in [2.45, 2.75) is 13.1 Å². The fourth-order valence-electron chi connectivity index (χ4n) is 1.13. The highest BCUT2D eigenvalue weighted by Crippen LogP contribution is 2.39. The number of hydrogen-bond donors (Lipinski definition) is 0. The van der Waals surface area contributed by atoms with Gasteiger partial charge >= 0.3 is 12.1 Å². The van der Waals surface area contributed by atoms with Crippen LogP contribution in [0.1, 0.15) is 22.8 Å². The predicted molar refractivity (Wildman–Crippen MR) is 60.1 cm³/mol. The number of ether oxygens (including phenoxy) is 1. The molecular formula is C10H7BrClF3O2. The van der Waals surface area contributed by atoms with E-state index in [1.165, 1.54) is 0 Å². The van der Waals surface area contributed by atoms with Crippen molar-refractivity contribution in [2.24, 2.45) is 0 Å². The summed E-state index contributed by atoms with van der Waals surface area (Å²) in [6.45, 7) is 1.72. The zero-order valence-corrected chi connectivity index (χ0v) is 10.9. The summed E-state index contributed by atoms with van der Waals surface area (Å²) in [4.78, 5) is 11.4. The largest absolute Gasteiger partial charge is 0.462 e. The average molecular weight is 332 g/mol. The van der Waals surface area contributed by atoms with Crippen LogP contribution in [0.5, 0.6) is 0 Å². The van der Waals surface area contributed by atoms with Gasteiger partial charge in [-0.2, -0.15) is 13.2 Å². The Bertz CT molecular complexity index is 446. The first-order chi connectivity index (χ1) is 7.79. The number of halogens is 5. The quantitative estimate of drug-likeness (QED) is 0.755. The lowest BCUT2D eigenvalue weighted by molar-refractivity contribution is -0.137. The van der Waals surface area contributed by atoms with Gasteiger partial charge in [-0.05, 0) is 35.0 Å². The third kappa shape index (κ3) is 3.13. The number of carbonyl (C=O) groups excluding carboxylic acids is 1. The van der Waals surface area contributed by atoms with Crippen molar-refractivity contribution < 1.29 is 22.7 Å². The molecule has 0 aliphatic heterocycles. The second-order valence-electron chi connectivity index (χ2n) is 3.01. The third-order valence-corrected chi connectivity index (χ3v) is 3.33. The molecular weight excluding hydrogens is 324 g/mol. The van der Waals surface area contributed by atoms with Gasteiger partial charge in [0.15, 0.2) is 0 Å². The molecule has 1 aromatic rings. The molecule has 0 bridgehead atoms. The first-order valence-electron chi connectivity index (χ1n) is 4.51. The van der Waals surface area contributed by atoms with E-state index >= 15 is 0 Å². The number of carbonyl (C=O) groups is 1. The summed E-state index contributed by atoms with van der Waals surface area (Å²) in [5.41, 5.74) is -1.04. The molecule has 0 aliphatic carbocycles. The number of hydrogen-bond acceptors (Lipinski definition) is 2. The van der Waals surface area contributed by atoms with Gasteiger partial charge in [0.1, 0.15) is 0 Å². The van der Waals surface area contributed by atoms with E-state index in [2.05, 4.69) is 20.7 Å². The van der Waals surface area contributed by atoms with Crippen LogP contribution in [0.15, 0.2) is 16.6 Å². The maximum absolute atomic E-state index is 12.5. The van der Waals surface area contributed by atoms with Crippen molar-refractivity contribution >= 4 is 33.5 Å². The highest BCUT2D eigenvalue weighted by atomic mass is 79.9. The molecule has 17 heavy (non-hydrogen) atoms. The molecule has 0 N–H and O–H groups in total. The van der Waals surface area contributed by atoms with E-state index in [0.717, 1.165) is 12.1 Å². The topological polar surface area (TPSA) is 26.3 Å². The second-order valence-corrected chi connectivity index (χ2v) is 4.18. The van der Waals surface area contributed by atoms with Gasteiger partial charge in [-0.25, -0.2) is 4.79 Å². The van der Waals surface area contributed by atoms with Gasteiger partial charge in [0.25, 0.3) is 0 Å². The Morgan fingerprint density at radius 3 is 2.53 bits per heavy atom. The van der Waals surface area contributed by atoms with Crippen molar-refractivity contribution in [3.8, 4) is 0 Å². The molecule has 0 radical (unpaired) electrons. The Kier molecular flexibility index (Phi) is 4.43. The van der Waals surface area contributed by atoms with Crippen molar-refractivity contribution in [1.82, 2.24) is 0 Å². The van der Waals surface area contributed by atoms with Crippen LogP contribution >= 0.6 is 27.5 Å². The maximum atomic E-state index is 12.5. The lowest BCUT2D eigenvalue weighted by atomic mass is 10.1. The van der Waals surface area contributed by atoms with E-state index in [4.69, 9.17) is 11.6 Å². The molecule has 0 aliphatic rings. The lowest BCUT2D eigenvalue weighted by Gasteiger charge is -2.12. The van der Waals surface area contributed by atoms with Gasteiger partial charge in [-0.1, -0.05) is 11.6 Å². The lowest BCUT2D eigenvalue weighted by Crippen LogP contribution is -2.10. The molecule has 0 saturated heterocycles. The first-order valence-corrected chi connectivity index (χ1v) is 5.68. The van der Waals surface area contributed by atoms with Gasteiger partial charge in [-0.3, -0.25) is 0 Å². The van der Waals surface area contributed by atoms with Crippen LogP contribution in [0.2, 0.25) is 5.02 Å². The monoisotopic (exact) mass is 330 g/mol. The third-order valence-electron chi connectivity index (χ3n) is 1.88. The van der Waals surface area contributed by atoms with E-state index in [0.29, 0.717) is 0 Å². The molecule has 0 amide bonds. The summed E-state index contributed by atoms with van der Waals surface area (Å²) in [5.74, 6) is -0.727. The van der Waals surface area contributed by atoms with Crippen molar-refractivity contribution in [2.75, 3.05) is 6.61 Å². The molecule has 0 saturated carbocycles. The minimum atomic E-state index is -4.56. The molecule has 0 fully saturated rings. The molecule has 2 nitrogen and oxygen atoms in total. The molecule has 0 unspecified atom stereocenters. The fraction of sp³-hybridized carbons (Fsp3) is 0.300. The summed E-state index contributed by atoms with van der Waals surface area (Å²) >= 11 is 8.41. The minimum absolute atomic E-state index is 0.0372. The van der Waals surface area contributed by atoms with Crippen LogP contribution in [0.3, 0.4) is 0 Å². The Morgan fingerprint density at radius 1 is 1.47 bits per heavy atom. The summed E-state index contributed by atoms with van der Waals surface area (Å²) in [6.07, 6.45) is -4.56. The minimum Gasteiger partial charge on any atom is -0.462 e. The Hall–Kier alpha value is -0.750. The molecule has 1 rings (SSSR count). The van der Waals surface area contributed by atoms with Gasteiger partial charge < -0.3 is 4.74 Å². The molecule has 0 atom stereocenters. The van der Waals surface area contributed by atoms with Crippen LogP contribution in [0, 0.1) is 0 Å². The zero-order chi connectivity index (χ0) is 13.2. The van der Waals surface area contributed by atoms with Gasteiger partial charge in [0.05, 0.1) is 27.2 Å². The number of alkyl halides is 3. The molecule has 0 spiro atoms. The Morgan fingerprint density at radius 2 is 2.06 bits per heavy atom. The number of benzene rings is 1. The predicted octanol–water partition coefficient (Wildman–Crippen LogP) is 4.30. The summed E-state index contributed by atoms with van der Waals surface area (Å²) in [5, 5.41) is -0.553. The van der Waals surface area contributed by atoms with Crippen LogP contribution in [-0.2, 0) is 10.9 Å². The summed E-state index contributed by atoms with van der Waals surface area (Å²) in [7, 11) is 0. The van der Waals surface area contributed by atoms with E-state index in [1.54, 1.807) is 6.92 Å². The number of rotatable bonds is 2. The van der Waals surface area contributed by atoms with Crippen LogP contribution in [0.4, 0.5) is 13.2 Å². The molecule has 1 aromatic carbocycles. The van der Waals surface area contributed by atoms with E-state index in [1.807, 2.05) is 0 Å².